The topological polar surface area (TPSA) is 66.8 Å². The third-order valence-electron chi connectivity index (χ3n) is 5.01. The first-order chi connectivity index (χ1) is 13.3. The van der Waals surface area contributed by atoms with Gasteiger partial charge in [-0.2, -0.15) is 0 Å². The Morgan fingerprint density at radius 3 is 2.46 bits per heavy atom. The Kier molecular flexibility index (Phi) is 6.32. The van der Waals surface area contributed by atoms with Gasteiger partial charge < -0.3 is 14.6 Å². The molecule has 0 bridgehead atoms. The zero-order chi connectivity index (χ0) is 20.3. The van der Waals surface area contributed by atoms with Crippen LogP contribution in [0.3, 0.4) is 0 Å². The minimum Gasteiger partial charge on any atom is -0.535 e. The largest absolute Gasteiger partial charge is 0.535 e. The van der Waals surface area contributed by atoms with Crippen LogP contribution >= 0.6 is 0 Å². The van der Waals surface area contributed by atoms with E-state index in [1.165, 1.54) is 12.5 Å². The van der Waals surface area contributed by atoms with E-state index >= 15 is 0 Å². The normalized spacial score (nSPS) is 15.9. The number of fused-ring (bicyclic) bond motifs is 1. The van der Waals surface area contributed by atoms with Gasteiger partial charge in [-0.1, -0.05) is 36.4 Å². The van der Waals surface area contributed by atoms with E-state index in [2.05, 4.69) is 4.90 Å². The van der Waals surface area contributed by atoms with E-state index in [1.54, 1.807) is 6.07 Å². The van der Waals surface area contributed by atoms with Crippen LogP contribution in [0.5, 0.6) is 5.75 Å². The Morgan fingerprint density at radius 2 is 1.82 bits per heavy atom. The summed E-state index contributed by atoms with van der Waals surface area (Å²) < 4.78 is 5.62. The lowest BCUT2D eigenvalue weighted by atomic mass is 9.64. The number of Topliss-reactive ketones (excluding diaryl/α,β-unsaturated/α-hetero) is 2. The standard InChI is InChI=1S/C22H26BNO4/c1-15(25)21-6-4-5-18-12-19(23(27)28-22(18)21)13-20(26)11-16-7-9-17(10-8-16)14-24(2)3/h4-10,19,27H,11-14H2,1-3H3/t19-/m1/s1. The number of rotatable bonds is 7. The number of carbonyl (C=O) groups is 2. The van der Waals surface area contributed by atoms with Gasteiger partial charge in [0.1, 0.15) is 11.5 Å². The van der Waals surface area contributed by atoms with Crippen LogP contribution in [0.15, 0.2) is 42.5 Å². The van der Waals surface area contributed by atoms with Gasteiger partial charge in [-0.15, -0.1) is 0 Å². The lowest BCUT2D eigenvalue weighted by Crippen LogP contribution is -2.36. The molecular formula is C22H26BNO4. The number of para-hydroxylation sites is 1. The minimum absolute atomic E-state index is 0.0687. The van der Waals surface area contributed by atoms with Crippen LogP contribution in [-0.2, 0) is 24.2 Å². The fourth-order valence-corrected chi connectivity index (χ4v) is 3.66. The second kappa shape index (κ2) is 8.71. The summed E-state index contributed by atoms with van der Waals surface area (Å²) >= 11 is 0. The molecule has 28 heavy (non-hydrogen) atoms. The third kappa shape index (κ3) is 4.88. The highest BCUT2D eigenvalue weighted by molar-refractivity contribution is 6.47. The van der Waals surface area contributed by atoms with Crippen molar-refractivity contribution in [1.29, 1.82) is 0 Å². The zero-order valence-corrected chi connectivity index (χ0v) is 16.6. The Morgan fingerprint density at radius 1 is 1.14 bits per heavy atom. The monoisotopic (exact) mass is 379 g/mol. The van der Waals surface area contributed by atoms with Crippen molar-refractivity contribution in [2.45, 2.75) is 38.5 Å². The summed E-state index contributed by atoms with van der Waals surface area (Å²) in [5, 5.41) is 10.4. The zero-order valence-electron chi connectivity index (χ0n) is 16.6. The summed E-state index contributed by atoms with van der Waals surface area (Å²) in [6.07, 6.45) is 1.10. The molecule has 1 atom stereocenters. The molecule has 0 saturated carbocycles. The smallest absolute Gasteiger partial charge is 0.526 e. The van der Waals surface area contributed by atoms with Crippen LogP contribution in [0.1, 0.15) is 40.4 Å². The summed E-state index contributed by atoms with van der Waals surface area (Å²) in [5.41, 5.74) is 3.51. The van der Waals surface area contributed by atoms with E-state index in [0.717, 1.165) is 17.7 Å². The summed E-state index contributed by atoms with van der Waals surface area (Å²) in [6, 6.07) is 13.4. The van der Waals surface area contributed by atoms with Crippen LogP contribution in [0.2, 0.25) is 5.82 Å². The predicted octanol–water partition coefficient (Wildman–Crippen LogP) is 2.94. The fourth-order valence-electron chi connectivity index (χ4n) is 3.66. The molecule has 6 heteroatoms. The molecule has 2 aromatic rings. The maximum Gasteiger partial charge on any atom is 0.526 e. The number of nitrogens with zero attached hydrogens (tertiary/aromatic N) is 1. The highest BCUT2D eigenvalue weighted by atomic mass is 16.5. The molecule has 0 fully saturated rings. The molecule has 1 N–H and O–H groups in total. The lowest BCUT2D eigenvalue weighted by molar-refractivity contribution is -0.118. The summed E-state index contributed by atoms with van der Waals surface area (Å²) in [6.45, 7) is 2.34. The average Bonchev–Trinajstić information content (AvgIpc) is 2.63. The summed E-state index contributed by atoms with van der Waals surface area (Å²) in [5.74, 6) is 0.105. The first kappa shape index (κ1) is 20.3. The van der Waals surface area contributed by atoms with Gasteiger partial charge in [-0.25, -0.2) is 0 Å². The lowest BCUT2D eigenvalue weighted by Gasteiger charge is -2.28. The molecule has 0 aliphatic carbocycles. The molecule has 1 heterocycles. The van der Waals surface area contributed by atoms with E-state index in [-0.39, 0.29) is 23.8 Å². The quantitative estimate of drug-likeness (QED) is 0.592. The van der Waals surface area contributed by atoms with Gasteiger partial charge in [-0.3, -0.25) is 9.59 Å². The molecule has 1 aliphatic rings. The average molecular weight is 379 g/mol. The number of ketones is 2. The highest BCUT2D eigenvalue weighted by Crippen LogP contribution is 2.36. The van der Waals surface area contributed by atoms with Gasteiger partial charge in [0.15, 0.2) is 5.78 Å². The molecule has 0 unspecified atom stereocenters. The molecule has 146 valence electrons. The van der Waals surface area contributed by atoms with Gasteiger partial charge in [-0.05, 0) is 50.2 Å². The van der Waals surface area contributed by atoms with Crippen molar-refractivity contribution in [3.8, 4) is 5.75 Å². The van der Waals surface area contributed by atoms with Crippen molar-refractivity contribution in [3.05, 3.63) is 64.7 Å². The van der Waals surface area contributed by atoms with E-state index in [1.807, 2.05) is 50.5 Å². The maximum absolute atomic E-state index is 12.5. The van der Waals surface area contributed by atoms with Crippen molar-refractivity contribution in [2.75, 3.05) is 14.1 Å². The van der Waals surface area contributed by atoms with Crippen LogP contribution in [0.4, 0.5) is 0 Å². The Hall–Kier alpha value is -2.44. The SMILES string of the molecule is CC(=O)c1cccc2c1OB(O)[C@@H](CC(=O)Cc1ccc(CN(C)C)cc1)C2. The summed E-state index contributed by atoms with van der Waals surface area (Å²) in [4.78, 5) is 26.4. The first-order valence-electron chi connectivity index (χ1n) is 9.55. The van der Waals surface area contributed by atoms with Crippen molar-refractivity contribution in [3.63, 3.8) is 0 Å². The fraction of sp³-hybridized carbons (Fsp3) is 0.364. The minimum atomic E-state index is -1.08. The van der Waals surface area contributed by atoms with E-state index in [9.17, 15) is 14.6 Å². The summed E-state index contributed by atoms with van der Waals surface area (Å²) in [7, 11) is 2.96. The van der Waals surface area contributed by atoms with Crippen LogP contribution < -0.4 is 4.65 Å². The van der Waals surface area contributed by atoms with Crippen molar-refractivity contribution < 1.29 is 19.3 Å². The van der Waals surface area contributed by atoms with E-state index in [0.29, 0.717) is 24.2 Å². The van der Waals surface area contributed by atoms with E-state index < -0.39 is 7.12 Å². The number of carbonyl (C=O) groups excluding carboxylic acids is 2. The molecule has 3 rings (SSSR count). The van der Waals surface area contributed by atoms with E-state index in [4.69, 9.17) is 4.65 Å². The molecule has 0 spiro atoms. The van der Waals surface area contributed by atoms with Gasteiger partial charge in [0.25, 0.3) is 0 Å². The number of benzene rings is 2. The third-order valence-corrected chi connectivity index (χ3v) is 5.01. The molecule has 0 amide bonds. The van der Waals surface area contributed by atoms with Gasteiger partial charge in [0.05, 0.1) is 5.56 Å². The molecule has 1 aliphatic heterocycles. The second-order valence-electron chi connectivity index (χ2n) is 7.80. The van der Waals surface area contributed by atoms with Crippen molar-refractivity contribution in [1.82, 2.24) is 4.90 Å². The Bertz CT molecular complexity index is 863. The van der Waals surface area contributed by atoms with Crippen LogP contribution in [0, 0.1) is 0 Å². The second-order valence-corrected chi connectivity index (χ2v) is 7.80. The van der Waals surface area contributed by atoms with Crippen molar-refractivity contribution >= 4 is 18.7 Å². The highest BCUT2D eigenvalue weighted by Gasteiger charge is 2.37. The van der Waals surface area contributed by atoms with Crippen molar-refractivity contribution in [2.24, 2.45) is 0 Å². The van der Waals surface area contributed by atoms with Crippen LogP contribution in [0.25, 0.3) is 0 Å². The molecule has 0 saturated heterocycles. The first-order valence-corrected chi connectivity index (χ1v) is 9.55. The maximum atomic E-state index is 12.5. The molecule has 5 nitrogen and oxygen atoms in total. The molecule has 0 aromatic heterocycles. The predicted molar refractivity (Wildman–Crippen MR) is 110 cm³/mol. The molecular weight excluding hydrogens is 353 g/mol. The number of hydrogen-bond donors (Lipinski definition) is 1. The number of hydrogen-bond acceptors (Lipinski definition) is 5. The Labute approximate surface area is 166 Å². The Balaban J connectivity index is 1.63. The molecule has 2 aromatic carbocycles. The molecule has 0 radical (unpaired) electrons. The van der Waals surface area contributed by atoms with Gasteiger partial charge in [0, 0.05) is 25.2 Å². The van der Waals surface area contributed by atoms with Gasteiger partial charge >= 0.3 is 7.12 Å². The van der Waals surface area contributed by atoms with Crippen LogP contribution in [-0.4, -0.2) is 42.7 Å². The van der Waals surface area contributed by atoms with Gasteiger partial charge in [0.2, 0.25) is 0 Å².